The van der Waals surface area contributed by atoms with Crippen molar-refractivity contribution in [2.75, 3.05) is 37.3 Å². The highest BCUT2D eigenvalue weighted by molar-refractivity contribution is 7.88. The molecule has 0 amide bonds. The minimum Gasteiger partial charge on any atom is -0.369 e. The van der Waals surface area contributed by atoms with Crippen LogP contribution in [0.5, 0.6) is 0 Å². The number of nitro benzene ring substituents is 1. The van der Waals surface area contributed by atoms with E-state index in [2.05, 4.69) is 0 Å². The standard InChI is InChI=1S/C17H19N3O5S2/c1-12(21)16-3-4-17(26-16)13-9-14(11-15(10-13)20(22)23)18-5-7-19(8-6-18)27(2,24)25/h3-4,9-11H,5-8H2,1-2H3. The molecule has 0 bridgehead atoms. The fourth-order valence-electron chi connectivity index (χ4n) is 2.99. The summed E-state index contributed by atoms with van der Waals surface area (Å²) in [5.74, 6) is -0.0474. The maximum atomic E-state index is 11.7. The van der Waals surface area contributed by atoms with Gasteiger partial charge in [0.15, 0.2) is 5.78 Å². The van der Waals surface area contributed by atoms with Gasteiger partial charge in [-0.25, -0.2) is 8.42 Å². The van der Waals surface area contributed by atoms with Gasteiger partial charge in [0, 0.05) is 54.4 Å². The Morgan fingerprint density at radius 2 is 1.81 bits per heavy atom. The zero-order valence-electron chi connectivity index (χ0n) is 14.9. The number of carbonyl (C=O) groups is 1. The zero-order valence-corrected chi connectivity index (χ0v) is 16.5. The summed E-state index contributed by atoms with van der Waals surface area (Å²) in [7, 11) is -3.24. The number of rotatable bonds is 5. The van der Waals surface area contributed by atoms with Gasteiger partial charge in [-0.2, -0.15) is 4.31 Å². The maximum absolute atomic E-state index is 11.7. The number of Topliss-reactive ketones (excluding diaryl/α,β-unsaturated/α-hetero) is 1. The van der Waals surface area contributed by atoms with E-state index in [1.165, 1.54) is 41.0 Å². The van der Waals surface area contributed by atoms with Gasteiger partial charge in [0.05, 0.1) is 16.1 Å². The van der Waals surface area contributed by atoms with Crippen LogP contribution in [0.25, 0.3) is 10.4 Å². The molecule has 3 rings (SSSR count). The van der Waals surface area contributed by atoms with Crippen LogP contribution in [0, 0.1) is 10.1 Å². The number of carbonyl (C=O) groups excluding carboxylic acids is 1. The third-order valence-corrected chi connectivity index (χ3v) is 6.96. The molecule has 1 fully saturated rings. The van der Waals surface area contributed by atoms with Gasteiger partial charge in [-0.3, -0.25) is 14.9 Å². The van der Waals surface area contributed by atoms with Gasteiger partial charge in [0.25, 0.3) is 5.69 Å². The predicted octanol–water partition coefficient (Wildman–Crippen LogP) is 2.61. The van der Waals surface area contributed by atoms with Gasteiger partial charge < -0.3 is 4.90 Å². The SMILES string of the molecule is CC(=O)c1ccc(-c2cc(N3CCN(S(C)(=O)=O)CC3)cc([N+](=O)[O-])c2)s1. The van der Waals surface area contributed by atoms with Gasteiger partial charge in [-0.15, -0.1) is 11.3 Å². The van der Waals surface area contributed by atoms with Crippen molar-refractivity contribution in [3.05, 3.63) is 45.3 Å². The van der Waals surface area contributed by atoms with Crippen molar-refractivity contribution in [1.82, 2.24) is 4.31 Å². The van der Waals surface area contributed by atoms with E-state index in [4.69, 9.17) is 0 Å². The summed E-state index contributed by atoms with van der Waals surface area (Å²) in [5.41, 5.74) is 1.30. The molecule has 2 heterocycles. The lowest BCUT2D eigenvalue weighted by Gasteiger charge is -2.34. The Bertz CT molecular complexity index is 992. The number of piperazine rings is 1. The van der Waals surface area contributed by atoms with Crippen LogP contribution in [-0.2, 0) is 10.0 Å². The molecular weight excluding hydrogens is 390 g/mol. The first-order valence-electron chi connectivity index (χ1n) is 8.26. The van der Waals surface area contributed by atoms with Crippen LogP contribution in [0.4, 0.5) is 11.4 Å². The summed E-state index contributed by atoms with van der Waals surface area (Å²) >= 11 is 1.30. The molecule has 1 aromatic heterocycles. The first-order chi connectivity index (χ1) is 12.6. The monoisotopic (exact) mass is 409 g/mol. The molecule has 144 valence electrons. The molecule has 1 aliphatic heterocycles. The molecule has 10 heteroatoms. The number of thiophene rings is 1. The molecule has 0 radical (unpaired) electrons. The molecule has 0 aliphatic carbocycles. The van der Waals surface area contributed by atoms with Gasteiger partial charge >= 0.3 is 0 Å². The molecule has 0 N–H and O–H groups in total. The number of anilines is 1. The molecule has 0 atom stereocenters. The average molecular weight is 409 g/mol. The number of hydrogen-bond acceptors (Lipinski definition) is 7. The maximum Gasteiger partial charge on any atom is 0.272 e. The fourth-order valence-corrected chi connectivity index (χ4v) is 4.70. The minimum atomic E-state index is -3.24. The summed E-state index contributed by atoms with van der Waals surface area (Å²) in [6.45, 7) is 3.07. The number of non-ortho nitro benzene ring substituents is 1. The summed E-state index contributed by atoms with van der Waals surface area (Å²) in [6.07, 6.45) is 1.18. The normalized spacial score (nSPS) is 15.7. The second-order valence-electron chi connectivity index (χ2n) is 6.36. The molecule has 8 nitrogen and oxygen atoms in total. The lowest BCUT2D eigenvalue weighted by atomic mass is 10.1. The topological polar surface area (TPSA) is 101 Å². The Morgan fingerprint density at radius 3 is 2.33 bits per heavy atom. The molecule has 1 aliphatic rings. The molecule has 1 aromatic carbocycles. The predicted molar refractivity (Wildman–Crippen MR) is 105 cm³/mol. The van der Waals surface area contributed by atoms with E-state index in [9.17, 15) is 23.3 Å². The zero-order chi connectivity index (χ0) is 19.8. The third kappa shape index (κ3) is 4.34. The van der Waals surface area contributed by atoms with Crippen LogP contribution in [0.1, 0.15) is 16.6 Å². The Morgan fingerprint density at radius 1 is 1.15 bits per heavy atom. The van der Waals surface area contributed by atoms with Crippen LogP contribution < -0.4 is 4.90 Å². The van der Waals surface area contributed by atoms with Crippen molar-refractivity contribution in [1.29, 1.82) is 0 Å². The number of nitrogens with zero attached hydrogens (tertiary/aromatic N) is 3. The average Bonchev–Trinajstić information content (AvgIpc) is 3.11. The molecular formula is C17H19N3O5S2. The molecule has 1 saturated heterocycles. The smallest absolute Gasteiger partial charge is 0.272 e. The Balaban J connectivity index is 1.93. The Labute approximate surface area is 161 Å². The first kappa shape index (κ1) is 19.5. The Kier molecular flexibility index (Phi) is 5.31. The summed E-state index contributed by atoms with van der Waals surface area (Å²) in [4.78, 5) is 25.8. The molecule has 0 saturated carbocycles. The number of ketones is 1. The van der Waals surface area contributed by atoms with E-state index >= 15 is 0 Å². The van der Waals surface area contributed by atoms with E-state index in [1.54, 1.807) is 12.1 Å². The van der Waals surface area contributed by atoms with Crippen LogP contribution in [-0.4, -0.2) is 55.9 Å². The summed E-state index contributed by atoms with van der Waals surface area (Å²) in [5, 5.41) is 11.4. The van der Waals surface area contributed by atoms with E-state index in [0.29, 0.717) is 42.3 Å². The number of nitro groups is 1. The van der Waals surface area contributed by atoms with Gasteiger partial charge in [0.2, 0.25) is 10.0 Å². The van der Waals surface area contributed by atoms with Gasteiger partial charge in [0.1, 0.15) is 0 Å². The van der Waals surface area contributed by atoms with Crippen LogP contribution in [0.2, 0.25) is 0 Å². The third-order valence-electron chi connectivity index (χ3n) is 4.42. The summed E-state index contributed by atoms with van der Waals surface area (Å²) in [6, 6.07) is 8.33. The largest absolute Gasteiger partial charge is 0.369 e. The van der Waals surface area contributed by atoms with E-state index in [-0.39, 0.29) is 11.5 Å². The van der Waals surface area contributed by atoms with Gasteiger partial charge in [-0.1, -0.05) is 0 Å². The van der Waals surface area contributed by atoms with Crippen molar-refractivity contribution in [2.45, 2.75) is 6.92 Å². The molecule has 2 aromatic rings. The van der Waals surface area contributed by atoms with Crippen molar-refractivity contribution >= 4 is 38.5 Å². The number of benzene rings is 1. The van der Waals surface area contributed by atoms with Gasteiger partial charge in [-0.05, 0) is 25.1 Å². The molecule has 0 spiro atoms. The number of hydrogen-bond donors (Lipinski definition) is 0. The molecule has 27 heavy (non-hydrogen) atoms. The van der Waals surface area contributed by atoms with E-state index in [1.807, 2.05) is 11.0 Å². The second kappa shape index (κ2) is 7.37. The lowest BCUT2D eigenvalue weighted by molar-refractivity contribution is -0.384. The highest BCUT2D eigenvalue weighted by Gasteiger charge is 2.25. The number of sulfonamides is 1. The highest BCUT2D eigenvalue weighted by Crippen LogP contribution is 2.35. The van der Waals surface area contributed by atoms with Crippen LogP contribution >= 0.6 is 11.3 Å². The van der Waals surface area contributed by atoms with Crippen molar-refractivity contribution in [2.24, 2.45) is 0 Å². The van der Waals surface area contributed by atoms with Crippen LogP contribution in [0.15, 0.2) is 30.3 Å². The minimum absolute atomic E-state index is 0.0363. The van der Waals surface area contributed by atoms with Crippen molar-refractivity contribution in [3.8, 4) is 10.4 Å². The van der Waals surface area contributed by atoms with E-state index in [0.717, 1.165) is 4.88 Å². The van der Waals surface area contributed by atoms with Crippen molar-refractivity contribution in [3.63, 3.8) is 0 Å². The summed E-state index contributed by atoms with van der Waals surface area (Å²) < 4.78 is 24.7. The fraction of sp³-hybridized carbons (Fsp3) is 0.353. The lowest BCUT2D eigenvalue weighted by Crippen LogP contribution is -2.48. The quantitative estimate of drug-likeness (QED) is 0.427. The molecule has 0 unspecified atom stereocenters. The first-order valence-corrected chi connectivity index (χ1v) is 10.9. The highest BCUT2D eigenvalue weighted by atomic mass is 32.2. The van der Waals surface area contributed by atoms with E-state index < -0.39 is 14.9 Å². The second-order valence-corrected chi connectivity index (χ2v) is 9.43. The Hall–Kier alpha value is -2.30. The van der Waals surface area contributed by atoms with Crippen LogP contribution in [0.3, 0.4) is 0 Å². The van der Waals surface area contributed by atoms with Crippen molar-refractivity contribution < 1.29 is 18.1 Å².